The van der Waals surface area contributed by atoms with Crippen molar-refractivity contribution in [1.82, 2.24) is 5.32 Å². The van der Waals surface area contributed by atoms with E-state index in [4.69, 9.17) is 9.47 Å². The Morgan fingerprint density at radius 2 is 1.75 bits per heavy atom. The summed E-state index contributed by atoms with van der Waals surface area (Å²) < 4.78 is 50.9. The number of benzene rings is 2. The Hall–Kier alpha value is -3.16. The van der Waals surface area contributed by atoms with E-state index in [1.54, 1.807) is 31.2 Å². The number of nitrogens with one attached hydrogen (secondary N) is 1. The number of para-hydroxylation sites is 1. The number of rotatable bonds is 7. The first-order valence-corrected chi connectivity index (χ1v) is 8.28. The molecular formula is C20H20F3NO4. The fourth-order valence-electron chi connectivity index (χ4n) is 2.51. The fraction of sp³-hybridized carbons (Fsp3) is 0.250. The van der Waals surface area contributed by atoms with E-state index in [1.807, 2.05) is 0 Å². The highest BCUT2D eigenvalue weighted by molar-refractivity contribution is 5.92. The Labute approximate surface area is 160 Å². The Morgan fingerprint density at radius 1 is 1.07 bits per heavy atom. The molecule has 2 aromatic carbocycles. The number of hydrogen-bond acceptors (Lipinski definition) is 4. The lowest BCUT2D eigenvalue weighted by molar-refractivity contribution is -0.274. The minimum atomic E-state index is -4.74. The van der Waals surface area contributed by atoms with Crippen LogP contribution < -0.4 is 19.5 Å². The second-order valence-electron chi connectivity index (χ2n) is 5.76. The van der Waals surface area contributed by atoms with Crippen molar-refractivity contribution in [2.24, 2.45) is 0 Å². The summed E-state index contributed by atoms with van der Waals surface area (Å²) in [5.41, 5.74) is 1.30. The van der Waals surface area contributed by atoms with Gasteiger partial charge in [0.25, 0.3) is 0 Å². The first kappa shape index (κ1) is 21.1. The highest BCUT2D eigenvalue weighted by Crippen LogP contribution is 2.31. The summed E-state index contributed by atoms with van der Waals surface area (Å²) in [4.78, 5) is 12.2. The summed E-state index contributed by atoms with van der Waals surface area (Å²) in [7, 11) is 3.02. The molecule has 28 heavy (non-hydrogen) atoms. The van der Waals surface area contributed by atoms with Crippen molar-refractivity contribution in [1.29, 1.82) is 0 Å². The molecule has 0 saturated carbocycles. The van der Waals surface area contributed by atoms with Crippen molar-refractivity contribution in [2.75, 3.05) is 14.2 Å². The van der Waals surface area contributed by atoms with Crippen LogP contribution in [0.1, 0.15) is 24.1 Å². The van der Waals surface area contributed by atoms with E-state index in [0.29, 0.717) is 22.6 Å². The molecule has 5 nitrogen and oxygen atoms in total. The molecule has 0 aliphatic carbocycles. The molecule has 0 aromatic heterocycles. The van der Waals surface area contributed by atoms with Crippen LogP contribution in [-0.4, -0.2) is 26.5 Å². The van der Waals surface area contributed by atoms with Gasteiger partial charge in [0.15, 0.2) is 11.5 Å². The molecule has 0 aliphatic rings. The summed E-state index contributed by atoms with van der Waals surface area (Å²) in [6, 6.07) is 10.2. The van der Waals surface area contributed by atoms with Crippen LogP contribution in [0.3, 0.4) is 0 Å². The lowest BCUT2D eigenvalue weighted by Gasteiger charge is -2.14. The van der Waals surface area contributed by atoms with Gasteiger partial charge in [-0.25, -0.2) is 0 Å². The number of hydrogen-bond donors (Lipinski definition) is 1. The third-order valence-electron chi connectivity index (χ3n) is 3.82. The normalized spacial score (nSPS) is 12.5. The van der Waals surface area contributed by atoms with Gasteiger partial charge in [-0.15, -0.1) is 13.2 Å². The molecule has 2 rings (SSSR count). The van der Waals surface area contributed by atoms with Gasteiger partial charge in [-0.1, -0.05) is 24.3 Å². The third kappa shape index (κ3) is 5.94. The average molecular weight is 395 g/mol. The van der Waals surface area contributed by atoms with Gasteiger partial charge < -0.3 is 19.5 Å². The van der Waals surface area contributed by atoms with E-state index in [2.05, 4.69) is 10.1 Å². The Morgan fingerprint density at radius 3 is 2.32 bits per heavy atom. The smallest absolute Gasteiger partial charge is 0.493 e. The molecular weight excluding hydrogens is 375 g/mol. The number of halogens is 3. The molecule has 0 saturated heterocycles. The summed E-state index contributed by atoms with van der Waals surface area (Å²) in [6.45, 7) is 1.72. The molecule has 0 bridgehead atoms. The van der Waals surface area contributed by atoms with Crippen LogP contribution in [0.2, 0.25) is 0 Å². The zero-order chi connectivity index (χ0) is 20.7. The summed E-state index contributed by atoms with van der Waals surface area (Å²) in [6.07, 6.45) is -1.81. The summed E-state index contributed by atoms with van der Waals surface area (Å²) in [5, 5.41) is 2.74. The molecule has 0 heterocycles. The van der Waals surface area contributed by atoms with Crippen LogP contribution in [0.4, 0.5) is 13.2 Å². The van der Waals surface area contributed by atoms with E-state index in [-0.39, 0.29) is 11.7 Å². The van der Waals surface area contributed by atoms with Crippen LogP contribution in [0.15, 0.2) is 48.5 Å². The van der Waals surface area contributed by atoms with Crippen LogP contribution in [-0.2, 0) is 4.79 Å². The molecule has 0 aliphatic heterocycles. The lowest BCUT2D eigenvalue weighted by atomic mass is 10.1. The zero-order valence-electron chi connectivity index (χ0n) is 15.5. The Bertz CT molecular complexity index is 832. The molecule has 1 amide bonds. The summed E-state index contributed by atoms with van der Waals surface area (Å²) in [5.74, 6) is 0.356. The molecule has 0 spiro atoms. The third-order valence-corrected chi connectivity index (χ3v) is 3.82. The number of carbonyl (C=O) groups is 1. The average Bonchev–Trinajstić information content (AvgIpc) is 2.65. The van der Waals surface area contributed by atoms with Crippen LogP contribution in [0.25, 0.3) is 6.08 Å². The highest BCUT2D eigenvalue weighted by Gasteiger charge is 2.31. The van der Waals surface area contributed by atoms with Crippen molar-refractivity contribution in [3.63, 3.8) is 0 Å². The van der Waals surface area contributed by atoms with Gasteiger partial charge in [0.05, 0.1) is 20.3 Å². The topological polar surface area (TPSA) is 56.8 Å². The first-order chi connectivity index (χ1) is 13.2. The Balaban J connectivity index is 2.02. The predicted molar refractivity (Wildman–Crippen MR) is 98.3 cm³/mol. The van der Waals surface area contributed by atoms with Crippen molar-refractivity contribution >= 4 is 12.0 Å². The van der Waals surface area contributed by atoms with Gasteiger partial charge in [0.2, 0.25) is 5.91 Å². The molecule has 8 heteroatoms. The van der Waals surface area contributed by atoms with Crippen molar-refractivity contribution < 1.29 is 32.2 Å². The second-order valence-corrected chi connectivity index (χ2v) is 5.76. The molecule has 1 unspecified atom stereocenters. The predicted octanol–water partition coefficient (Wildman–Crippen LogP) is 4.49. The SMILES string of the molecule is COc1cccc(/C=C/C(=O)NC(C)c2ccc(OC(F)(F)F)cc2)c1OC. The number of carbonyl (C=O) groups excluding carboxylic acids is 1. The minimum absolute atomic E-state index is 0.320. The maximum Gasteiger partial charge on any atom is 0.573 e. The Kier molecular flexibility index (Phi) is 6.92. The van der Waals surface area contributed by atoms with E-state index < -0.39 is 12.4 Å². The maximum absolute atomic E-state index is 12.2. The van der Waals surface area contributed by atoms with Gasteiger partial charge >= 0.3 is 6.36 Å². The van der Waals surface area contributed by atoms with Gasteiger partial charge in [-0.05, 0) is 36.8 Å². The largest absolute Gasteiger partial charge is 0.573 e. The zero-order valence-corrected chi connectivity index (χ0v) is 15.5. The van der Waals surface area contributed by atoms with Gasteiger partial charge in [-0.3, -0.25) is 4.79 Å². The quantitative estimate of drug-likeness (QED) is 0.702. The number of amides is 1. The molecule has 150 valence electrons. The van der Waals surface area contributed by atoms with Crippen LogP contribution >= 0.6 is 0 Å². The molecule has 1 atom stereocenters. The van der Waals surface area contributed by atoms with Gasteiger partial charge in [-0.2, -0.15) is 0 Å². The van der Waals surface area contributed by atoms with E-state index in [1.165, 1.54) is 44.6 Å². The highest BCUT2D eigenvalue weighted by atomic mass is 19.4. The van der Waals surface area contributed by atoms with Crippen LogP contribution in [0.5, 0.6) is 17.2 Å². The maximum atomic E-state index is 12.2. The minimum Gasteiger partial charge on any atom is -0.493 e. The van der Waals surface area contributed by atoms with Gasteiger partial charge in [0, 0.05) is 11.6 Å². The first-order valence-electron chi connectivity index (χ1n) is 8.28. The van der Waals surface area contributed by atoms with E-state index in [0.717, 1.165) is 0 Å². The van der Waals surface area contributed by atoms with Crippen LogP contribution in [0, 0.1) is 0 Å². The van der Waals surface area contributed by atoms with E-state index >= 15 is 0 Å². The van der Waals surface area contributed by atoms with E-state index in [9.17, 15) is 18.0 Å². The van der Waals surface area contributed by atoms with Crippen molar-refractivity contribution in [3.05, 3.63) is 59.7 Å². The molecule has 0 radical (unpaired) electrons. The standard InChI is InChI=1S/C20H20F3NO4/c1-13(14-7-10-16(11-8-14)28-20(21,22)23)24-18(25)12-9-15-5-4-6-17(26-2)19(15)27-3/h4-13H,1-3H3,(H,24,25)/b12-9+. The molecule has 2 aromatic rings. The molecule has 1 N–H and O–H groups in total. The molecule has 0 fully saturated rings. The van der Waals surface area contributed by atoms with Crippen molar-refractivity contribution in [3.8, 4) is 17.2 Å². The number of methoxy groups -OCH3 is 2. The summed E-state index contributed by atoms with van der Waals surface area (Å²) >= 11 is 0. The van der Waals surface area contributed by atoms with Gasteiger partial charge in [0.1, 0.15) is 5.75 Å². The monoisotopic (exact) mass is 395 g/mol. The number of ether oxygens (including phenoxy) is 3. The fourth-order valence-corrected chi connectivity index (χ4v) is 2.51. The number of alkyl halides is 3. The second kappa shape index (κ2) is 9.16. The lowest BCUT2D eigenvalue weighted by Crippen LogP contribution is -2.24. The van der Waals surface area contributed by atoms with Crippen molar-refractivity contribution in [2.45, 2.75) is 19.3 Å².